The molecule has 0 bridgehead atoms. The molecular weight excluding hydrogens is 746 g/mol. The van der Waals surface area contributed by atoms with Gasteiger partial charge >= 0.3 is 12.1 Å². The number of anilines is 1. The molecule has 2 amide bonds. The van der Waals surface area contributed by atoms with Gasteiger partial charge in [0, 0.05) is 12.0 Å². The number of nitrogens with one attached hydrogen (secondary N) is 2. The number of halogens is 1. The van der Waals surface area contributed by atoms with Gasteiger partial charge in [0.15, 0.2) is 5.58 Å². The van der Waals surface area contributed by atoms with Gasteiger partial charge in [0.1, 0.15) is 48.6 Å². The monoisotopic (exact) mass is 779 g/mol. The first-order chi connectivity index (χ1) is 28.2. The lowest BCUT2D eigenvalue weighted by molar-refractivity contribution is -0.122. The summed E-state index contributed by atoms with van der Waals surface area (Å²) in [6, 6.07) is 35.3. The SMILES string of the molecule is O=C(Cn1c(-c2ccc(F)cc2)ncc(NC(=O)OCc2ccccc2)c1=O)NC(Cc1ccccc1)C(=O)c1nc2cc(C(=O)OCc3ccccc3)ccc2o1. The molecule has 7 aromatic rings. The van der Waals surface area contributed by atoms with Crippen LogP contribution in [0.4, 0.5) is 14.9 Å². The quantitative estimate of drug-likeness (QED) is 0.0873. The van der Waals surface area contributed by atoms with Crippen LogP contribution >= 0.6 is 0 Å². The number of nitrogens with zero attached hydrogens (tertiary/aromatic N) is 3. The number of amides is 2. The highest BCUT2D eigenvalue weighted by atomic mass is 19.1. The zero-order valence-electron chi connectivity index (χ0n) is 30.7. The Hall–Kier alpha value is -7.74. The Bertz CT molecular complexity index is 2630. The molecule has 58 heavy (non-hydrogen) atoms. The van der Waals surface area contributed by atoms with Gasteiger partial charge in [-0.15, -0.1) is 0 Å². The summed E-state index contributed by atoms with van der Waals surface area (Å²) in [5.74, 6) is -2.91. The number of fused-ring (bicyclic) bond motifs is 1. The zero-order chi connectivity index (χ0) is 40.4. The molecule has 1 atom stereocenters. The van der Waals surface area contributed by atoms with Gasteiger partial charge in [-0.2, -0.15) is 0 Å². The van der Waals surface area contributed by atoms with Crippen LogP contribution in [-0.2, 0) is 40.4 Å². The Morgan fingerprint density at radius 3 is 2.03 bits per heavy atom. The second kappa shape index (κ2) is 17.8. The third-order valence-corrected chi connectivity index (χ3v) is 8.88. The third kappa shape index (κ3) is 9.55. The highest BCUT2D eigenvalue weighted by Gasteiger charge is 2.28. The Morgan fingerprint density at radius 2 is 1.38 bits per heavy atom. The number of aromatic nitrogens is 3. The number of rotatable bonds is 14. The fourth-order valence-electron chi connectivity index (χ4n) is 5.98. The molecular formula is C44H34FN5O8. The van der Waals surface area contributed by atoms with E-state index in [0.717, 1.165) is 21.9 Å². The molecule has 0 aliphatic carbocycles. The highest BCUT2D eigenvalue weighted by Crippen LogP contribution is 2.21. The largest absolute Gasteiger partial charge is 0.457 e. The van der Waals surface area contributed by atoms with E-state index in [2.05, 4.69) is 20.6 Å². The number of oxazole rings is 1. The van der Waals surface area contributed by atoms with Crippen molar-refractivity contribution in [2.24, 2.45) is 0 Å². The van der Waals surface area contributed by atoms with Crippen LogP contribution in [0.5, 0.6) is 0 Å². The summed E-state index contributed by atoms with van der Waals surface area (Å²) in [6.45, 7) is -0.658. The van der Waals surface area contributed by atoms with E-state index in [-0.39, 0.29) is 53.7 Å². The lowest BCUT2D eigenvalue weighted by atomic mass is 10.0. The zero-order valence-corrected chi connectivity index (χ0v) is 30.7. The molecule has 0 aliphatic rings. The molecule has 5 aromatic carbocycles. The van der Waals surface area contributed by atoms with Crippen molar-refractivity contribution in [2.75, 3.05) is 5.32 Å². The molecule has 2 N–H and O–H groups in total. The molecule has 2 heterocycles. The normalized spacial score (nSPS) is 11.4. The molecule has 290 valence electrons. The average molecular weight is 780 g/mol. The molecule has 0 aliphatic heterocycles. The molecule has 14 heteroatoms. The van der Waals surface area contributed by atoms with Crippen molar-refractivity contribution in [2.45, 2.75) is 32.2 Å². The van der Waals surface area contributed by atoms with Crippen molar-refractivity contribution in [1.82, 2.24) is 19.9 Å². The van der Waals surface area contributed by atoms with Crippen molar-refractivity contribution in [3.63, 3.8) is 0 Å². The summed E-state index contributed by atoms with van der Waals surface area (Å²) in [6.07, 6.45) is 0.202. The Morgan fingerprint density at radius 1 is 0.759 bits per heavy atom. The van der Waals surface area contributed by atoms with E-state index in [1.807, 2.05) is 36.4 Å². The number of ether oxygens (including phenoxy) is 2. The number of carbonyl (C=O) groups excluding carboxylic acids is 4. The topological polar surface area (TPSA) is 172 Å². The summed E-state index contributed by atoms with van der Waals surface area (Å²) in [5, 5.41) is 5.09. The van der Waals surface area contributed by atoms with Crippen molar-refractivity contribution in [1.29, 1.82) is 0 Å². The third-order valence-electron chi connectivity index (χ3n) is 8.88. The molecule has 0 fully saturated rings. The van der Waals surface area contributed by atoms with Crippen LogP contribution in [0.15, 0.2) is 149 Å². The summed E-state index contributed by atoms with van der Waals surface area (Å²) in [4.78, 5) is 76.0. The number of carbonyl (C=O) groups is 4. The maximum Gasteiger partial charge on any atom is 0.412 e. The fourth-order valence-corrected chi connectivity index (χ4v) is 5.98. The van der Waals surface area contributed by atoms with Gasteiger partial charge in [0.05, 0.1) is 11.8 Å². The predicted octanol–water partition coefficient (Wildman–Crippen LogP) is 6.91. The second-order valence-corrected chi connectivity index (χ2v) is 13.0. The Labute approximate surface area is 330 Å². The summed E-state index contributed by atoms with van der Waals surface area (Å²) in [5.41, 5.74) is 2.07. The van der Waals surface area contributed by atoms with Crippen LogP contribution in [0.3, 0.4) is 0 Å². The molecule has 1 unspecified atom stereocenters. The van der Waals surface area contributed by atoms with Crippen molar-refractivity contribution >= 4 is 40.5 Å². The summed E-state index contributed by atoms with van der Waals surface area (Å²) < 4.78 is 31.4. The van der Waals surface area contributed by atoms with Crippen molar-refractivity contribution in [3.05, 3.63) is 184 Å². The first-order valence-corrected chi connectivity index (χ1v) is 18.0. The molecule has 2 aromatic heterocycles. The smallest absolute Gasteiger partial charge is 0.412 e. The van der Waals surface area contributed by atoms with Crippen molar-refractivity contribution in [3.8, 4) is 11.4 Å². The lowest BCUT2D eigenvalue weighted by Gasteiger charge is -2.18. The fraction of sp³-hybridized carbons (Fsp3) is 0.114. The number of Topliss-reactive ketones (excluding diaryl/α,β-unsaturated/α-hetero) is 1. The lowest BCUT2D eigenvalue weighted by Crippen LogP contribution is -2.45. The van der Waals surface area contributed by atoms with Gasteiger partial charge in [0.2, 0.25) is 11.7 Å². The average Bonchev–Trinajstić information content (AvgIpc) is 3.68. The van der Waals surface area contributed by atoms with E-state index < -0.39 is 47.7 Å². The number of hydrogen-bond donors (Lipinski definition) is 2. The minimum Gasteiger partial charge on any atom is -0.457 e. The molecule has 13 nitrogen and oxygen atoms in total. The van der Waals surface area contributed by atoms with E-state index in [0.29, 0.717) is 11.1 Å². The van der Waals surface area contributed by atoms with Crippen LogP contribution < -0.4 is 16.2 Å². The molecule has 0 saturated heterocycles. The minimum absolute atomic E-state index is 0.00802. The van der Waals surface area contributed by atoms with Crippen LogP contribution in [0.1, 0.15) is 37.7 Å². The van der Waals surface area contributed by atoms with E-state index in [4.69, 9.17) is 13.9 Å². The number of benzene rings is 5. The number of esters is 1. The number of ketones is 1. The highest BCUT2D eigenvalue weighted by molar-refractivity contribution is 6.01. The second-order valence-electron chi connectivity index (χ2n) is 13.0. The Balaban J connectivity index is 1.12. The van der Waals surface area contributed by atoms with Crippen LogP contribution in [0.25, 0.3) is 22.5 Å². The van der Waals surface area contributed by atoms with Gasteiger partial charge in [-0.05, 0) is 59.2 Å². The van der Waals surface area contributed by atoms with Crippen LogP contribution in [0, 0.1) is 5.82 Å². The first-order valence-electron chi connectivity index (χ1n) is 18.0. The van der Waals surface area contributed by atoms with Gasteiger partial charge in [-0.25, -0.2) is 23.9 Å². The number of hydrogen-bond acceptors (Lipinski definition) is 10. The maximum atomic E-state index is 14.1. The maximum absolute atomic E-state index is 14.1. The summed E-state index contributed by atoms with van der Waals surface area (Å²) >= 11 is 0. The van der Waals surface area contributed by atoms with Gasteiger partial charge in [0.25, 0.3) is 11.4 Å². The van der Waals surface area contributed by atoms with E-state index in [1.54, 1.807) is 54.6 Å². The standard InChI is InChI=1S/C44H34FN5O8/c45-33-19-16-31(17-20-33)40-46-24-36(49-44(55)57-27-30-14-8-3-9-15-30)42(53)50(40)25-38(51)47-35(22-28-10-4-1-5-11-28)39(52)41-48-34-23-32(18-21-37(34)58-41)43(54)56-26-29-12-6-2-7-13-29/h1-21,23-24,35H,22,25-27H2,(H,47,51)(H,49,55). The van der Waals surface area contributed by atoms with Crippen LogP contribution in [-0.4, -0.2) is 44.3 Å². The Kier molecular flexibility index (Phi) is 11.8. The molecule has 0 spiro atoms. The van der Waals surface area contributed by atoms with E-state index in [9.17, 15) is 28.4 Å². The summed E-state index contributed by atoms with van der Waals surface area (Å²) in [7, 11) is 0. The van der Waals surface area contributed by atoms with Crippen LogP contribution in [0.2, 0.25) is 0 Å². The predicted molar refractivity (Wildman–Crippen MR) is 210 cm³/mol. The first kappa shape index (κ1) is 38.5. The molecule has 0 saturated carbocycles. The van der Waals surface area contributed by atoms with E-state index in [1.165, 1.54) is 42.5 Å². The van der Waals surface area contributed by atoms with Crippen molar-refractivity contribution < 1.29 is 37.5 Å². The minimum atomic E-state index is -1.23. The van der Waals surface area contributed by atoms with E-state index >= 15 is 0 Å². The van der Waals surface area contributed by atoms with Gasteiger partial charge in [-0.1, -0.05) is 91.0 Å². The molecule has 7 rings (SSSR count). The molecule has 0 radical (unpaired) electrons. The van der Waals surface area contributed by atoms with Gasteiger partial charge < -0.3 is 19.2 Å². The van der Waals surface area contributed by atoms with Gasteiger partial charge in [-0.3, -0.25) is 24.3 Å².